The number of hydrogen-bond acceptors (Lipinski definition) is 6. The van der Waals surface area contributed by atoms with E-state index in [1.54, 1.807) is 14.1 Å². The molecule has 1 aliphatic heterocycles. The van der Waals surface area contributed by atoms with Gasteiger partial charge in [-0.25, -0.2) is 8.78 Å². The predicted octanol–water partition coefficient (Wildman–Crippen LogP) is 4.37. The topological polar surface area (TPSA) is 89.6 Å². The van der Waals surface area contributed by atoms with Crippen LogP contribution in [0.5, 0.6) is 17.2 Å². The van der Waals surface area contributed by atoms with Crippen molar-refractivity contribution in [3.05, 3.63) is 53.7 Å². The van der Waals surface area contributed by atoms with Crippen LogP contribution in [0.1, 0.15) is 12.0 Å². The van der Waals surface area contributed by atoms with E-state index in [0.29, 0.717) is 35.2 Å². The Morgan fingerprint density at radius 2 is 1.83 bits per heavy atom. The van der Waals surface area contributed by atoms with Crippen molar-refractivity contribution in [1.29, 1.82) is 0 Å². The lowest BCUT2D eigenvalue weighted by Gasteiger charge is -2.27. The van der Waals surface area contributed by atoms with Crippen LogP contribution in [0, 0.1) is 11.6 Å². The molecule has 2 aromatic carbocycles. The summed E-state index contributed by atoms with van der Waals surface area (Å²) in [6, 6.07) is 8.35. The summed E-state index contributed by atoms with van der Waals surface area (Å²) in [7, 11) is 6.00. The summed E-state index contributed by atoms with van der Waals surface area (Å²) in [5.41, 5.74) is 2.72. The molecule has 1 aliphatic rings. The molecule has 10 heteroatoms. The number of nitrogens with one attached hydrogen (secondary N) is 1. The fourth-order valence-corrected chi connectivity index (χ4v) is 4.38. The number of amides is 1. The Labute approximate surface area is 205 Å². The van der Waals surface area contributed by atoms with Gasteiger partial charge in [0.25, 0.3) is 5.91 Å². The van der Waals surface area contributed by atoms with Crippen molar-refractivity contribution >= 4 is 16.8 Å². The second-order valence-corrected chi connectivity index (χ2v) is 8.67. The number of nitrogens with zero attached hydrogens (tertiary/aromatic N) is 3. The van der Waals surface area contributed by atoms with E-state index < -0.39 is 17.7 Å². The van der Waals surface area contributed by atoms with E-state index in [1.807, 2.05) is 18.2 Å². The van der Waals surface area contributed by atoms with Crippen molar-refractivity contribution in [2.45, 2.75) is 18.9 Å². The van der Waals surface area contributed by atoms with E-state index in [-0.39, 0.29) is 28.7 Å². The number of ether oxygens (including phenoxy) is 3. The third kappa shape index (κ3) is 3.88. The molecule has 5 rings (SSSR count). The minimum Gasteiger partial charge on any atom is -0.494 e. The molecule has 186 valence electrons. The lowest BCUT2D eigenvalue weighted by Crippen LogP contribution is -2.39. The Morgan fingerprint density at radius 1 is 1.11 bits per heavy atom. The standard InChI is InChI=1S/C26H24F2N4O4/c1-32(2)26(33)19-8-5-13-9-14(6-7-18(13)36-19)25-15-12-29-17(10-16(15)30-31-25)22-23(27)20(34-3)11-21(35-4)24(22)28/h6-7,9-12,19H,5,8H2,1-4H3,(H,30,31). The normalized spacial score (nSPS) is 14.8. The molecular formula is C26H24F2N4O4. The Morgan fingerprint density at radius 3 is 2.50 bits per heavy atom. The summed E-state index contributed by atoms with van der Waals surface area (Å²) in [5, 5.41) is 8.04. The summed E-state index contributed by atoms with van der Waals surface area (Å²) in [5.74, 6) is -1.44. The van der Waals surface area contributed by atoms with Crippen LogP contribution in [-0.4, -0.2) is 60.4 Å². The van der Waals surface area contributed by atoms with Crippen molar-refractivity contribution in [1.82, 2.24) is 20.1 Å². The maximum atomic E-state index is 15.0. The van der Waals surface area contributed by atoms with Crippen molar-refractivity contribution < 1.29 is 27.8 Å². The molecule has 1 atom stereocenters. The number of carbonyl (C=O) groups excluding carboxylic acids is 1. The van der Waals surface area contributed by atoms with Gasteiger partial charge in [0.15, 0.2) is 29.2 Å². The third-order valence-electron chi connectivity index (χ3n) is 6.27. The number of likely N-dealkylation sites (N-methyl/N-ethyl adjacent to an activating group) is 1. The van der Waals surface area contributed by atoms with Gasteiger partial charge in [-0.3, -0.25) is 14.9 Å². The first-order valence-electron chi connectivity index (χ1n) is 11.3. The summed E-state index contributed by atoms with van der Waals surface area (Å²) in [4.78, 5) is 18.1. The lowest BCUT2D eigenvalue weighted by atomic mass is 9.97. The van der Waals surface area contributed by atoms with Gasteiger partial charge in [-0.1, -0.05) is 0 Å². The van der Waals surface area contributed by atoms with Gasteiger partial charge in [0.05, 0.1) is 31.0 Å². The van der Waals surface area contributed by atoms with E-state index in [9.17, 15) is 13.6 Å². The average Bonchev–Trinajstić information content (AvgIpc) is 3.31. The van der Waals surface area contributed by atoms with Crippen molar-refractivity contribution in [3.8, 4) is 39.8 Å². The van der Waals surface area contributed by atoms with Gasteiger partial charge >= 0.3 is 0 Å². The number of aryl methyl sites for hydroxylation is 1. The van der Waals surface area contributed by atoms with Gasteiger partial charge in [0.1, 0.15) is 11.4 Å². The monoisotopic (exact) mass is 494 g/mol. The van der Waals surface area contributed by atoms with Crippen LogP contribution < -0.4 is 14.2 Å². The molecule has 2 aromatic heterocycles. The number of carbonyl (C=O) groups is 1. The van der Waals surface area contributed by atoms with Gasteiger partial charge < -0.3 is 19.1 Å². The molecule has 3 heterocycles. The molecule has 8 nitrogen and oxygen atoms in total. The molecule has 0 saturated carbocycles. The van der Waals surface area contributed by atoms with E-state index in [0.717, 1.165) is 17.2 Å². The molecule has 1 N–H and O–H groups in total. The number of H-pyrrole nitrogens is 1. The van der Waals surface area contributed by atoms with Gasteiger partial charge in [-0.05, 0) is 42.7 Å². The van der Waals surface area contributed by atoms with Gasteiger partial charge in [-0.2, -0.15) is 5.10 Å². The molecule has 0 saturated heterocycles. The number of methoxy groups -OCH3 is 2. The second-order valence-electron chi connectivity index (χ2n) is 8.67. The van der Waals surface area contributed by atoms with E-state index >= 15 is 0 Å². The first-order chi connectivity index (χ1) is 17.3. The zero-order valence-corrected chi connectivity index (χ0v) is 20.2. The molecule has 0 spiro atoms. The lowest BCUT2D eigenvalue weighted by molar-refractivity contribution is -0.136. The van der Waals surface area contributed by atoms with Gasteiger partial charge in [0, 0.05) is 37.3 Å². The summed E-state index contributed by atoms with van der Waals surface area (Å²) < 4.78 is 45.9. The number of rotatable bonds is 5. The van der Waals surface area contributed by atoms with E-state index in [2.05, 4.69) is 15.2 Å². The quantitative estimate of drug-likeness (QED) is 0.443. The molecule has 0 aliphatic carbocycles. The number of aromatic amines is 1. The molecule has 36 heavy (non-hydrogen) atoms. The molecule has 1 unspecified atom stereocenters. The Bertz CT molecular complexity index is 1460. The minimum atomic E-state index is -0.872. The van der Waals surface area contributed by atoms with Crippen molar-refractivity contribution in [2.75, 3.05) is 28.3 Å². The van der Waals surface area contributed by atoms with Crippen LogP contribution in [0.4, 0.5) is 8.78 Å². The van der Waals surface area contributed by atoms with Gasteiger partial charge in [-0.15, -0.1) is 0 Å². The first kappa shape index (κ1) is 23.5. The molecule has 1 amide bonds. The number of halogens is 2. The van der Waals surface area contributed by atoms with E-state index in [1.165, 1.54) is 31.4 Å². The highest BCUT2D eigenvalue weighted by atomic mass is 19.1. The van der Waals surface area contributed by atoms with Crippen molar-refractivity contribution in [3.63, 3.8) is 0 Å². The van der Waals surface area contributed by atoms with Crippen LogP contribution in [0.3, 0.4) is 0 Å². The smallest absolute Gasteiger partial charge is 0.263 e. The zero-order chi connectivity index (χ0) is 25.6. The number of benzene rings is 2. The van der Waals surface area contributed by atoms with Crippen LogP contribution in [0.2, 0.25) is 0 Å². The zero-order valence-electron chi connectivity index (χ0n) is 20.2. The fraction of sp³-hybridized carbons (Fsp3) is 0.269. The predicted molar refractivity (Wildman–Crippen MR) is 129 cm³/mol. The fourth-order valence-electron chi connectivity index (χ4n) is 4.38. The van der Waals surface area contributed by atoms with Crippen LogP contribution in [0.25, 0.3) is 33.4 Å². The Kier molecular flexibility index (Phi) is 5.95. The highest BCUT2D eigenvalue weighted by Gasteiger charge is 2.28. The molecular weight excluding hydrogens is 470 g/mol. The summed E-state index contributed by atoms with van der Waals surface area (Å²) in [6.45, 7) is 0. The number of hydrogen-bond donors (Lipinski definition) is 1. The van der Waals surface area contributed by atoms with Crippen LogP contribution in [0.15, 0.2) is 36.5 Å². The molecule has 4 aromatic rings. The van der Waals surface area contributed by atoms with Crippen LogP contribution in [-0.2, 0) is 11.2 Å². The van der Waals surface area contributed by atoms with Crippen LogP contribution >= 0.6 is 0 Å². The van der Waals surface area contributed by atoms with Gasteiger partial charge in [0.2, 0.25) is 0 Å². The Hall–Kier alpha value is -4.21. The molecule has 0 radical (unpaired) electrons. The Balaban J connectivity index is 1.50. The average molecular weight is 494 g/mol. The summed E-state index contributed by atoms with van der Waals surface area (Å²) in [6.07, 6.45) is 2.30. The number of pyridine rings is 1. The first-order valence-corrected chi connectivity index (χ1v) is 11.3. The SMILES string of the molecule is COc1cc(OC)c(F)c(-c2cc3[nH]nc(-c4ccc5c(c4)CCC(C(=O)N(C)C)O5)c3cn2)c1F. The van der Waals surface area contributed by atoms with Crippen molar-refractivity contribution in [2.24, 2.45) is 0 Å². The second kappa shape index (κ2) is 9.10. The minimum absolute atomic E-state index is 0.0635. The number of aromatic nitrogens is 3. The maximum absolute atomic E-state index is 15.0. The highest BCUT2D eigenvalue weighted by Crippen LogP contribution is 2.39. The molecule has 0 fully saturated rings. The third-order valence-corrected chi connectivity index (χ3v) is 6.27. The number of fused-ring (bicyclic) bond motifs is 2. The highest BCUT2D eigenvalue weighted by molar-refractivity contribution is 5.94. The largest absolute Gasteiger partial charge is 0.494 e. The molecule has 0 bridgehead atoms. The maximum Gasteiger partial charge on any atom is 0.263 e. The summed E-state index contributed by atoms with van der Waals surface area (Å²) >= 11 is 0. The van der Waals surface area contributed by atoms with E-state index in [4.69, 9.17) is 14.2 Å².